The van der Waals surface area contributed by atoms with Crippen molar-refractivity contribution in [3.8, 4) is 11.5 Å². The summed E-state index contributed by atoms with van der Waals surface area (Å²) in [5.74, 6) is 0.910. The molecular formula is C13H18N2O3. The fourth-order valence-corrected chi connectivity index (χ4v) is 2.10. The molecule has 3 N–H and O–H groups in total. The van der Waals surface area contributed by atoms with E-state index in [1.165, 1.54) is 13.2 Å². The molecule has 1 fully saturated rings. The molecule has 1 heterocycles. The molecule has 0 bridgehead atoms. The van der Waals surface area contributed by atoms with Crippen LogP contribution in [-0.4, -0.2) is 31.2 Å². The Balaban J connectivity index is 1.93. The van der Waals surface area contributed by atoms with Gasteiger partial charge in [-0.05, 0) is 37.6 Å². The maximum absolute atomic E-state index is 11.8. The van der Waals surface area contributed by atoms with Crippen LogP contribution in [0.5, 0.6) is 11.5 Å². The van der Waals surface area contributed by atoms with E-state index in [2.05, 4.69) is 10.6 Å². The van der Waals surface area contributed by atoms with Crippen molar-refractivity contribution in [2.75, 3.05) is 25.5 Å². The fraction of sp³-hybridized carbons (Fsp3) is 0.462. The molecule has 5 nitrogen and oxygen atoms in total. The zero-order chi connectivity index (χ0) is 13.0. The van der Waals surface area contributed by atoms with Crippen molar-refractivity contribution in [3.63, 3.8) is 0 Å². The van der Waals surface area contributed by atoms with Crippen LogP contribution in [0.15, 0.2) is 18.2 Å². The SMILES string of the molecule is COc1ccc(NC(=O)CC2CCNC2)c(O)c1. The van der Waals surface area contributed by atoms with Crippen molar-refractivity contribution in [2.24, 2.45) is 5.92 Å². The predicted octanol–water partition coefficient (Wildman–Crippen LogP) is 1.34. The number of ether oxygens (including phenoxy) is 1. The molecule has 1 atom stereocenters. The van der Waals surface area contributed by atoms with E-state index < -0.39 is 0 Å². The molecule has 1 aromatic rings. The molecule has 1 aromatic carbocycles. The summed E-state index contributed by atoms with van der Waals surface area (Å²) < 4.78 is 4.98. The molecule has 1 aliphatic rings. The van der Waals surface area contributed by atoms with Gasteiger partial charge < -0.3 is 20.5 Å². The van der Waals surface area contributed by atoms with Gasteiger partial charge in [0.05, 0.1) is 12.8 Å². The van der Waals surface area contributed by atoms with Crippen LogP contribution in [0, 0.1) is 5.92 Å². The summed E-state index contributed by atoms with van der Waals surface area (Å²) in [7, 11) is 1.53. The summed E-state index contributed by atoms with van der Waals surface area (Å²) in [6.45, 7) is 1.87. The van der Waals surface area contributed by atoms with Gasteiger partial charge in [0.1, 0.15) is 11.5 Å². The number of rotatable bonds is 4. The number of anilines is 1. The van der Waals surface area contributed by atoms with Gasteiger partial charge in [0.15, 0.2) is 0 Å². The summed E-state index contributed by atoms with van der Waals surface area (Å²) in [5.41, 5.74) is 0.423. The Bertz CT molecular complexity index is 428. The van der Waals surface area contributed by atoms with Crippen LogP contribution in [0.25, 0.3) is 0 Å². The van der Waals surface area contributed by atoms with E-state index in [9.17, 15) is 9.90 Å². The lowest BCUT2D eigenvalue weighted by Crippen LogP contribution is -2.18. The first kappa shape index (κ1) is 12.7. The van der Waals surface area contributed by atoms with Gasteiger partial charge in [-0.25, -0.2) is 0 Å². The number of hydrogen-bond donors (Lipinski definition) is 3. The molecule has 5 heteroatoms. The van der Waals surface area contributed by atoms with Gasteiger partial charge >= 0.3 is 0 Å². The van der Waals surface area contributed by atoms with E-state index in [1.54, 1.807) is 12.1 Å². The second-order valence-corrected chi connectivity index (χ2v) is 4.49. The number of carbonyl (C=O) groups is 1. The zero-order valence-electron chi connectivity index (χ0n) is 10.4. The Hall–Kier alpha value is -1.75. The zero-order valence-corrected chi connectivity index (χ0v) is 10.4. The van der Waals surface area contributed by atoms with Crippen molar-refractivity contribution in [2.45, 2.75) is 12.8 Å². The Kier molecular flexibility index (Phi) is 4.04. The van der Waals surface area contributed by atoms with Crippen molar-refractivity contribution in [1.82, 2.24) is 5.32 Å². The summed E-state index contributed by atoms with van der Waals surface area (Å²) in [5, 5.41) is 15.7. The summed E-state index contributed by atoms with van der Waals surface area (Å²) in [6.07, 6.45) is 1.51. The lowest BCUT2D eigenvalue weighted by molar-refractivity contribution is -0.117. The number of aromatic hydroxyl groups is 1. The molecular weight excluding hydrogens is 232 g/mol. The van der Waals surface area contributed by atoms with Crippen molar-refractivity contribution in [1.29, 1.82) is 0 Å². The minimum absolute atomic E-state index is 0.0206. The van der Waals surface area contributed by atoms with E-state index >= 15 is 0 Å². The van der Waals surface area contributed by atoms with Gasteiger partial charge in [-0.1, -0.05) is 0 Å². The predicted molar refractivity (Wildman–Crippen MR) is 68.9 cm³/mol. The highest BCUT2D eigenvalue weighted by Gasteiger charge is 2.18. The van der Waals surface area contributed by atoms with E-state index in [0.29, 0.717) is 23.8 Å². The van der Waals surface area contributed by atoms with Crippen LogP contribution in [0.2, 0.25) is 0 Å². The topological polar surface area (TPSA) is 70.6 Å². The molecule has 1 amide bonds. The van der Waals surface area contributed by atoms with Gasteiger partial charge in [-0.15, -0.1) is 0 Å². The molecule has 98 valence electrons. The molecule has 0 aromatic heterocycles. The van der Waals surface area contributed by atoms with Crippen LogP contribution in [-0.2, 0) is 4.79 Å². The first-order valence-electron chi connectivity index (χ1n) is 6.06. The van der Waals surface area contributed by atoms with Crippen LogP contribution in [0.3, 0.4) is 0 Å². The van der Waals surface area contributed by atoms with Crippen molar-refractivity contribution >= 4 is 11.6 Å². The highest BCUT2D eigenvalue weighted by molar-refractivity contribution is 5.92. The first-order chi connectivity index (χ1) is 8.69. The molecule has 0 spiro atoms. The van der Waals surface area contributed by atoms with Crippen LogP contribution in [0.1, 0.15) is 12.8 Å². The molecule has 1 unspecified atom stereocenters. The number of carbonyl (C=O) groups excluding carboxylic acids is 1. The Morgan fingerprint density at radius 2 is 2.44 bits per heavy atom. The summed E-state index contributed by atoms with van der Waals surface area (Å²) in [4.78, 5) is 11.8. The fourth-order valence-electron chi connectivity index (χ4n) is 2.10. The summed E-state index contributed by atoms with van der Waals surface area (Å²) in [6, 6.07) is 4.82. The van der Waals surface area contributed by atoms with E-state index in [4.69, 9.17) is 4.74 Å². The number of amides is 1. The second kappa shape index (κ2) is 5.73. The molecule has 1 saturated heterocycles. The molecule has 0 aliphatic carbocycles. The van der Waals surface area contributed by atoms with Crippen LogP contribution >= 0.6 is 0 Å². The Labute approximate surface area is 106 Å². The number of phenolic OH excluding ortho intramolecular Hbond substituents is 1. The molecule has 18 heavy (non-hydrogen) atoms. The maximum Gasteiger partial charge on any atom is 0.224 e. The largest absolute Gasteiger partial charge is 0.506 e. The first-order valence-corrected chi connectivity index (χ1v) is 6.06. The lowest BCUT2D eigenvalue weighted by atomic mass is 10.0. The highest BCUT2D eigenvalue weighted by Crippen LogP contribution is 2.28. The molecule has 1 aliphatic heterocycles. The highest BCUT2D eigenvalue weighted by atomic mass is 16.5. The van der Waals surface area contributed by atoms with Crippen LogP contribution in [0.4, 0.5) is 5.69 Å². The smallest absolute Gasteiger partial charge is 0.224 e. The third kappa shape index (κ3) is 3.13. The maximum atomic E-state index is 11.8. The number of hydrogen-bond acceptors (Lipinski definition) is 4. The van der Waals surface area contributed by atoms with Crippen molar-refractivity contribution in [3.05, 3.63) is 18.2 Å². The number of benzene rings is 1. The molecule has 0 saturated carbocycles. The average Bonchev–Trinajstić information content (AvgIpc) is 2.84. The van der Waals surface area contributed by atoms with Gasteiger partial charge in [-0.2, -0.15) is 0 Å². The minimum Gasteiger partial charge on any atom is -0.506 e. The van der Waals surface area contributed by atoms with Crippen LogP contribution < -0.4 is 15.4 Å². The van der Waals surface area contributed by atoms with Gasteiger partial charge in [0, 0.05) is 12.5 Å². The Morgan fingerprint density at radius 1 is 1.61 bits per heavy atom. The quantitative estimate of drug-likeness (QED) is 0.705. The summed E-state index contributed by atoms with van der Waals surface area (Å²) >= 11 is 0. The van der Waals surface area contributed by atoms with E-state index in [0.717, 1.165) is 19.5 Å². The van der Waals surface area contributed by atoms with E-state index in [-0.39, 0.29) is 11.7 Å². The monoisotopic (exact) mass is 250 g/mol. The standard InChI is InChI=1S/C13H18N2O3/c1-18-10-2-3-11(12(16)7-10)15-13(17)6-9-4-5-14-8-9/h2-3,7,9,14,16H,4-6,8H2,1H3,(H,15,17). The Morgan fingerprint density at radius 3 is 3.06 bits per heavy atom. The number of nitrogens with one attached hydrogen (secondary N) is 2. The molecule has 2 rings (SSSR count). The molecule has 0 radical (unpaired) electrons. The van der Waals surface area contributed by atoms with Gasteiger partial charge in [0.25, 0.3) is 0 Å². The number of phenols is 1. The third-order valence-electron chi connectivity index (χ3n) is 3.12. The van der Waals surface area contributed by atoms with E-state index in [1.807, 2.05) is 0 Å². The lowest BCUT2D eigenvalue weighted by Gasteiger charge is -2.11. The van der Waals surface area contributed by atoms with Gasteiger partial charge in [-0.3, -0.25) is 4.79 Å². The number of methoxy groups -OCH3 is 1. The van der Waals surface area contributed by atoms with Crippen molar-refractivity contribution < 1.29 is 14.6 Å². The third-order valence-corrected chi connectivity index (χ3v) is 3.12. The second-order valence-electron chi connectivity index (χ2n) is 4.49. The average molecular weight is 250 g/mol. The van der Waals surface area contributed by atoms with Gasteiger partial charge in [0.2, 0.25) is 5.91 Å². The normalized spacial score (nSPS) is 18.6. The minimum atomic E-state index is -0.0656.